The molecule has 1 aromatic heterocycles. The summed E-state index contributed by atoms with van der Waals surface area (Å²) in [4.78, 5) is 30.7. The number of carbonyl (C=O) groups excluding carboxylic acids is 1. The summed E-state index contributed by atoms with van der Waals surface area (Å²) in [5, 5.41) is 2.59. The molecule has 1 aliphatic rings. The Hall–Kier alpha value is -3.03. The lowest BCUT2D eigenvalue weighted by Crippen LogP contribution is -2.31. The number of carbonyl (C=O) groups is 1. The van der Waals surface area contributed by atoms with Crippen LogP contribution >= 0.6 is 0 Å². The van der Waals surface area contributed by atoms with E-state index in [1.54, 1.807) is 18.2 Å². The minimum absolute atomic E-state index is 0.0398. The van der Waals surface area contributed by atoms with E-state index in [1.165, 1.54) is 14.2 Å². The molecule has 0 saturated carbocycles. The molecule has 8 heteroatoms. The summed E-state index contributed by atoms with van der Waals surface area (Å²) in [7, 11) is 3.07. The van der Waals surface area contributed by atoms with Crippen molar-refractivity contribution in [2.24, 2.45) is 0 Å². The van der Waals surface area contributed by atoms with Gasteiger partial charge < -0.3 is 20.5 Å². The standard InChI is InChI=1S/C15H16N4O4/c1-22-9-4-3-7(5-10(9)23-2)8-6-11(20)17-13-12(8)14(21)19-15(16)18-13/h3-5,8H,6H2,1-2H3,(H4,16,17,18,19,20,21)/t8-/m0/s1. The lowest BCUT2D eigenvalue weighted by molar-refractivity contribution is -0.116. The van der Waals surface area contributed by atoms with Crippen molar-refractivity contribution in [1.82, 2.24) is 9.97 Å². The highest BCUT2D eigenvalue weighted by atomic mass is 16.5. The van der Waals surface area contributed by atoms with Crippen LogP contribution in [0.25, 0.3) is 0 Å². The normalized spacial score (nSPS) is 16.4. The Balaban J connectivity index is 2.15. The summed E-state index contributed by atoms with van der Waals surface area (Å²) in [5.41, 5.74) is 6.31. The van der Waals surface area contributed by atoms with E-state index in [0.29, 0.717) is 17.1 Å². The summed E-state index contributed by atoms with van der Waals surface area (Å²) >= 11 is 0. The maximum Gasteiger partial charge on any atom is 0.258 e. The van der Waals surface area contributed by atoms with E-state index in [2.05, 4.69) is 15.3 Å². The molecule has 0 aliphatic carbocycles. The quantitative estimate of drug-likeness (QED) is 0.772. The first-order valence-corrected chi connectivity index (χ1v) is 6.95. The third-order valence-corrected chi connectivity index (χ3v) is 3.78. The summed E-state index contributed by atoms with van der Waals surface area (Å²) in [6.07, 6.45) is 0.136. The van der Waals surface area contributed by atoms with Crippen LogP contribution in [-0.2, 0) is 4.79 Å². The van der Waals surface area contributed by atoms with Gasteiger partial charge in [-0.1, -0.05) is 6.07 Å². The molecule has 1 atom stereocenters. The highest BCUT2D eigenvalue weighted by molar-refractivity contribution is 5.94. The van der Waals surface area contributed by atoms with Gasteiger partial charge in [0.1, 0.15) is 5.82 Å². The number of amides is 1. The number of H-pyrrole nitrogens is 1. The second-order valence-electron chi connectivity index (χ2n) is 5.13. The highest BCUT2D eigenvalue weighted by Gasteiger charge is 2.31. The average Bonchev–Trinajstić information content (AvgIpc) is 2.52. The molecule has 1 aliphatic heterocycles. The van der Waals surface area contributed by atoms with E-state index in [-0.39, 0.29) is 29.7 Å². The Labute approximate surface area is 131 Å². The SMILES string of the molecule is COc1ccc([C@@H]2CC(=O)Nc3nc(N)[nH]c(=O)c32)cc1OC. The number of nitrogens with two attached hydrogens (primary N) is 1. The molecular formula is C15H16N4O4. The second-order valence-corrected chi connectivity index (χ2v) is 5.13. The lowest BCUT2D eigenvalue weighted by atomic mass is 9.86. The maximum absolute atomic E-state index is 12.3. The molecule has 120 valence electrons. The van der Waals surface area contributed by atoms with Crippen LogP contribution in [0.5, 0.6) is 11.5 Å². The lowest BCUT2D eigenvalue weighted by Gasteiger charge is -2.24. The van der Waals surface area contributed by atoms with Gasteiger partial charge in [-0.05, 0) is 17.7 Å². The predicted molar refractivity (Wildman–Crippen MR) is 83.9 cm³/mol. The molecule has 0 radical (unpaired) electrons. The van der Waals surface area contributed by atoms with Crippen LogP contribution in [0, 0.1) is 0 Å². The molecule has 4 N–H and O–H groups in total. The molecule has 3 rings (SSSR count). The van der Waals surface area contributed by atoms with Gasteiger partial charge in [0.2, 0.25) is 11.9 Å². The molecule has 0 fully saturated rings. The van der Waals surface area contributed by atoms with Gasteiger partial charge in [0.15, 0.2) is 11.5 Å². The van der Waals surface area contributed by atoms with Crippen LogP contribution in [-0.4, -0.2) is 30.1 Å². The van der Waals surface area contributed by atoms with E-state index in [0.717, 1.165) is 5.56 Å². The fourth-order valence-electron chi connectivity index (χ4n) is 2.74. The number of nitrogen functional groups attached to an aromatic ring is 1. The number of rotatable bonds is 3. The number of methoxy groups -OCH3 is 2. The number of nitrogens with zero attached hydrogens (tertiary/aromatic N) is 1. The van der Waals surface area contributed by atoms with Gasteiger partial charge in [-0.2, -0.15) is 4.98 Å². The van der Waals surface area contributed by atoms with Crippen molar-refractivity contribution < 1.29 is 14.3 Å². The highest BCUT2D eigenvalue weighted by Crippen LogP contribution is 2.37. The van der Waals surface area contributed by atoms with E-state index in [9.17, 15) is 9.59 Å². The van der Waals surface area contributed by atoms with Crippen LogP contribution in [0.2, 0.25) is 0 Å². The summed E-state index contributed by atoms with van der Waals surface area (Å²) in [6.45, 7) is 0. The molecule has 8 nitrogen and oxygen atoms in total. The Bertz CT molecular complexity index is 831. The van der Waals surface area contributed by atoms with Crippen LogP contribution in [0.15, 0.2) is 23.0 Å². The predicted octanol–water partition coefficient (Wildman–Crippen LogP) is 0.843. The van der Waals surface area contributed by atoms with Gasteiger partial charge in [0.05, 0.1) is 19.8 Å². The average molecular weight is 316 g/mol. The molecule has 1 amide bonds. The molecule has 2 heterocycles. The second kappa shape index (κ2) is 5.64. The zero-order valence-corrected chi connectivity index (χ0v) is 12.7. The number of fused-ring (bicyclic) bond motifs is 1. The van der Waals surface area contributed by atoms with Gasteiger partial charge in [-0.3, -0.25) is 14.6 Å². The number of aromatic amines is 1. The van der Waals surface area contributed by atoms with Crippen LogP contribution in [0.3, 0.4) is 0 Å². The van der Waals surface area contributed by atoms with Crippen LogP contribution < -0.4 is 26.1 Å². The minimum Gasteiger partial charge on any atom is -0.493 e. The zero-order chi connectivity index (χ0) is 16.6. The van der Waals surface area contributed by atoms with Gasteiger partial charge >= 0.3 is 0 Å². The minimum atomic E-state index is -0.435. The van der Waals surface area contributed by atoms with E-state index < -0.39 is 5.92 Å². The van der Waals surface area contributed by atoms with Crippen molar-refractivity contribution >= 4 is 17.7 Å². The molecule has 0 bridgehead atoms. The first-order valence-electron chi connectivity index (χ1n) is 6.95. The molecule has 0 saturated heterocycles. The molecule has 0 unspecified atom stereocenters. The molecule has 2 aromatic rings. The third-order valence-electron chi connectivity index (χ3n) is 3.78. The molecule has 0 spiro atoms. The molecular weight excluding hydrogens is 300 g/mol. The largest absolute Gasteiger partial charge is 0.493 e. The fraction of sp³-hybridized carbons (Fsp3) is 0.267. The van der Waals surface area contributed by atoms with E-state index >= 15 is 0 Å². The smallest absolute Gasteiger partial charge is 0.258 e. The number of nitrogens with one attached hydrogen (secondary N) is 2. The van der Waals surface area contributed by atoms with Gasteiger partial charge in [-0.25, -0.2) is 0 Å². The topological polar surface area (TPSA) is 119 Å². The van der Waals surface area contributed by atoms with Crippen molar-refractivity contribution in [1.29, 1.82) is 0 Å². The first kappa shape index (κ1) is 14.9. The van der Waals surface area contributed by atoms with Crippen molar-refractivity contribution in [3.63, 3.8) is 0 Å². The number of aromatic nitrogens is 2. The van der Waals surface area contributed by atoms with Crippen molar-refractivity contribution in [3.8, 4) is 11.5 Å². The van der Waals surface area contributed by atoms with Crippen LogP contribution in [0.1, 0.15) is 23.5 Å². The van der Waals surface area contributed by atoms with Crippen molar-refractivity contribution in [3.05, 3.63) is 39.7 Å². The van der Waals surface area contributed by atoms with Gasteiger partial charge in [0, 0.05) is 12.3 Å². The van der Waals surface area contributed by atoms with Crippen molar-refractivity contribution in [2.75, 3.05) is 25.3 Å². The number of hydrogen-bond acceptors (Lipinski definition) is 6. The van der Waals surface area contributed by atoms with Gasteiger partial charge in [-0.15, -0.1) is 0 Å². The molecule has 23 heavy (non-hydrogen) atoms. The van der Waals surface area contributed by atoms with Crippen molar-refractivity contribution in [2.45, 2.75) is 12.3 Å². The molecule has 1 aromatic carbocycles. The van der Waals surface area contributed by atoms with E-state index in [1.807, 2.05) is 0 Å². The Morgan fingerprint density at radius 3 is 2.65 bits per heavy atom. The Morgan fingerprint density at radius 2 is 1.96 bits per heavy atom. The number of anilines is 2. The number of ether oxygens (including phenoxy) is 2. The number of benzene rings is 1. The zero-order valence-electron chi connectivity index (χ0n) is 12.7. The summed E-state index contributed by atoms with van der Waals surface area (Å²) in [5.74, 6) is 0.591. The summed E-state index contributed by atoms with van der Waals surface area (Å²) < 4.78 is 10.5. The fourth-order valence-corrected chi connectivity index (χ4v) is 2.74. The van der Waals surface area contributed by atoms with E-state index in [4.69, 9.17) is 15.2 Å². The first-order chi connectivity index (χ1) is 11.0. The third kappa shape index (κ3) is 2.59. The monoisotopic (exact) mass is 316 g/mol. The maximum atomic E-state index is 12.3. The van der Waals surface area contributed by atoms with Crippen LogP contribution in [0.4, 0.5) is 11.8 Å². The Morgan fingerprint density at radius 1 is 1.22 bits per heavy atom. The summed E-state index contributed by atoms with van der Waals surface area (Å²) in [6, 6.07) is 5.28. The Kier molecular flexibility index (Phi) is 3.65. The number of hydrogen-bond donors (Lipinski definition) is 3. The van der Waals surface area contributed by atoms with Gasteiger partial charge in [0.25, 0.3) is 5.56 Å².